The lowest BCUT2D eigenvalue weighted by Crippen LogP contribution is -2.28. The smallest absolute Gasteiger partial charge is 0.304 e. The Labute approximate surface area is 115 Å². The summed E-state index contributed by atoms with van der Waals surface area (Å²) in [5.41, 5.74) is 5.14. The highest BCUT2D eigenvalue weighted by Gasteiger charge is 2.37. The van der Waals surface area contributed by atoms with E-state index in [-0.39, 0.29) is 26.7 Å². The molecular weight excluding hydrogens is 290 g/mol. The van der Waals surface area contributed by atoms with Crippen LogP contribution < -0.4 is 5.73 Å². The second-order valence-electron chi connectivity index (χ2n) is 4.85. The van der Waals surface area contributed by atoms with E-state index in [4.69, 9.17) is 5.73 Å². The molecule has 0 bridgehead atoms. The molecule has 0 aromatic carbocycles. The van der Waals surface area contributed by atoms with Crippen LogP contribution in [-0.2, 0) is 10.0 Å². The number of anilines is 1. The van der Waals surface area contributed by atoms with E-state index in [9.17, 15) is 18.5 Å². The number of nitrogen functional groups attached to an aromatic ring is 1. The Morgan fingerprint density at radius 1 is 1.42 bits per heavy atom. The molecule has 1 saturated heterocycles. The van der Waals surface area contributed by atoms with Crippen molar-refractivity contribution in [2.24, 2.45) is 11.8 Å². The summed E-state index contributed by atoms with van der Waals surface area (Å²) in [6.45, 7) is 4.86. The minimum Gasteiger partial charge on any atom is -0.385 e. The van der Waals surface area contributed by atoms with E-state index in [1.54, 1.807) is 0 Å². The summed E-state index contributed by atoms with van der Waals surface area (Å²) >= 11 is 0.745. The zero-order valence-corrected chi connectivity index (χ0v) is 12.2. The van der Waals surface area contributed by atoms with Gasteiger partial charge in [-0.25, -0.2) is 8.42 Å². The molecule has 2 atom stereocenters. The molecule has 0 amide bonds. The summed E-state index contributed by atoms with van der Waals surface area (Å²) in [6.07, 6.45) is 0. The van der Waals surface area contributed by atoms with Crippen molar-refractivity contribution in [1.82, 2.24) is 4.31 Å². The number of sulfonamides is 1. The summed E-state index contributed by atoms with van der Waals surface area (Å²) < 4.78 is 26.1. The minimum atomic E-state index is -3.67. The standard InChI is InChI=1S/C10H15N3O4S2/c1-6-4-12(5-7(6)2)19(16,17)9-3-8(13(14)15)10(11)18-9/h3,6-7H,4-5,11H2,1-2H3. The SMILES string of the molecule is CC1CN(S(=O)(=O)c2cc([N+](=O)[O-])c(N)s2)CC1C. The van der Waals surface area contributed by atoms with E-state index in [1.165, 1.54) is 4.31 Å². The first kappa shape index (κ1) is 14.2. The molecule has 1 aliphatic rings. The molecule has 19 heavy (non-hydrogen) atoms. The monoisotopic (exact) mass is 305 g/mol. The van der Waals surface area contributed by atoms with Gasteiger partial charge in [-0.2, -0.15) is 4.31 Å². The van der Waals surface area contributed by atoms with Crippen LogP contribution in [0.2, 0.25) is 0 Å². The van der Waals surface area contributed by atoms with Gasteiger partial charge >= 0.3 is 5.69 Å². The molecule has 2 unspecified atom stereocenters. The molecule has 1 aromatic rings. The predicted molar refractivity (Wildman–Crippen MR) is 72.5 cm³/mol. The van der Waals surface area contributed by atoms with Gasteiger partial charge in [0, 0.05) is 19.2 Å². The van der Waals surface area contributed by atoms with Crippen molar-refractivity contribution in [3.63, 3.8) is 0 Å². The van der Waals surface area contributed by atoms with Crippen molar-refractivity contribution in [2.45, 2.75) is 18.1 Å². The number of nitro groups is 1. The number of hydrogen-bond donors (Lipinski definition) is 1. The van der Waals surface area contributed by atoms with E-state index >= 15 is 0 Å². The van der Waals surface area contributed by atoms with Crippen LogP contribution in [0.1, 0.15) is 13.8 Å². The average molecular weight is 305 g/mol. The largest absolute Gasteiger partial charge is 0.385 e. The average Bonchev–Trinajstić information content (AvgIpc) is 2.84. The number of nitrogens with two attached hydrogens (primary N) is 1. The fraction of sp³-hybridized carbons (Fsp3) is 0.600. The van der Waals surface area contributed by atoms with Crippen LogP contribution in [0.4, 0.5) is 10.7 Å². The summed E-state index contributed by atoms with van der Waals surface area (Å²) in [5, 5.41) is 10.6. The molecule has 1 aromatic heterocycles. The summed E-state index contributed by atoms with van der Waals surface area (Å²) in [7, 11) is -3.67. The van der Waals surface area contributed by atoms with Crippen LogP contribution in [-0.4, -0.2) is 30.7 Å². The molecule has 0 aliphatic carbocycles. The second kappa shape index (κ2) is 4.73. The third-order valence-corrected chi connectivity index (χ3v) is 6.70. The Hall–Kier alpha value is -1.19. The molecule has 0 saturated carbocycles. The first-order valence-electron chi connectivity index (χ1n) is 5.77. The molecular formula is C10H15N3O4S2. The van der Waals surface area contributed by atoms with E-state index in [0.717, 1.165) is 17.4 Å². The molecule has 1 aliphatic heterocycles. The van der Waals surface area contributed by atoms with Gasteiger partial charge in [0.25, 0.3) is 10.0 Å². The number of thiophene rings is 1. The van der Waals surface area contributed by atoms with Crippen molar-refractivity contribution >= 4 is 32.0 Å². The summed E-state index contributed by atoms with van der Waals surface area (Å²) in [6, 6.07) is 1.04. The highest BCUT2D eigenvalue weighted by Crippen LogP contribution is 2.37. The number of nitrogens with zero attached hydrogens (tertiary/aromatic N) is 2. The molecule has 0 radical (unpaired) electrons. The summed E-state index contributed by atoms with van der Waals surface area (Å²) in [4.78, 5) is 10.0. The zero-order valence-electron chi connectivity index (χ0n) is 10.6. The molecule has 2 rings (SSSR count). The Kier molecular flexibility index (Phi) is 3.54. The van der Waals surface area contributed by atoms with Crippen LogP contribution in [0.3, 0.4) is 0 Å². The van der Waals surface area contributed by atoms with Gasteiger partial charge in [0.05, 0.1) is 4.92 Å². The van der Waals surface area contributed by atoms with Crippen LogP contribution in [0, 0.1) is 22.0 Å². The van der Waals surface area contributed by atoms with Crippen LogP contribution in [0.25, 0.3) is 0 Å². The van der Waals surface area contributed by atoms with E-state index < -0.39 is 14.9 Å². The zero-order chi connectivity index (χ0) is 14.4. The maximum atomic E-state index is 12.4. The topological polar surface area (TPSA) is 107 Å². The Bertz CT molecular complexity index is 600. The van der Waals surface area contributed by atoms with Crippen molar-refractivity contribution < 1.29 is 13.3 Å². The van der Waals surface area contributed by atoms with Gasteiger partial charge in [-0.15, -0.1) is 0 Å². The fourth-order valence-corrected chi connectivity index (χ4v) is 5.05. The predicted octanol–water partition coefficient (Wildman–Crippen LogP) is 1.52. The van der Waals surface area contributed by atoms with E-state index in [0.29, 0.717) is 13.1 Å². The lowest BCUT2D eigenvalue weighted by Gasteiger charge is -2.14. The van der Waals surface area contributed by atoms with Crippen LogP contribution >= 0.6 is 11.3 Å². The Morgan fingerprint density at radius 2 is 1.95 bits per heavy atom. The first-order valence-corrected chi connectivity index (χ1v) is 8.03. The van der Waals surface area contributed by atoms with Crippen molar-refractivity contribution in [1.29, 1.82) is 0 Å². The van der Waals surface area contributed by atoms with Gasteiger partial charge in [-0.3, -0.25) is 10.1 Å². The number of rotatable bonds is 3. The maximum Gasteiger partial charge on any atom is 0.304 e. The van der Waals surface area contributed by atoms with Crippen LogP contribution in [0.5, 0.6) is 0 Å². The van der Waals surface area contributed by atoms with Gasteiger partial charge in [0.15, 0.2) is 5.00 Å². The first-order chi connectivity index (χ1) is 8.73. The van der Waals surface area contributed by atoms with Crippen molar-refractivity contribution in [3.05, 3.63) is 16.2 Å². The highest BCUT2D eigenvalue weighted by atomic mass is 32.2. The number of hydrogen-bond acceptors (Lipinski definition) is 6. The van der Waals surface area contributed by atoms with Crippen LogP contribution in [0.15, 0.2) is 10.3 Å². The van der Waals surface area contributed by atoms with Gasteiger partial charge in [0.2, 0.25) is 0 Å². The molecule has 106 valence electrons. The van der Waals surface area contributed by atoms with Gasteiger partial charge in [0.1, 0.15) is 4.21 Å². The molecule has 1 fully saturated rings. The molecule has 7 nitrogen and oxygen atoms in total. The van der Waals surface area contributed by atoms with E-state index in [1.807, 2.05) is 13.8 Å². The molecule has 0 spiro atoms. The van der Waals surface area contributed by atoms with E-state index in [2.05, 4.69) is 0 Å². The minimum absolute atomic E-state index is 0.0574. The summed E-state index contributed by atoms with van der Waals surface area (Å²) in [5.74, 6) is 0.559. The van der Waals surface area contributed by atoms with Gasteiger partial charge in [-0.1, -0.05) is 25.2 Å². The third-order valence-electron chi connectivity index (χ3n) is 3.46. The van der Waals surface area contributed by atoms with Gasteiger partial charge < -0.3 is 5.73 Å². The maximum absolute atomic E-state index is 12.4. The highest BCUT2D eigenvalue weighted by molar-refractivity contribution is 7.91. The second-order valence-corrected chi connectivity index (χ2v) is 8.10. The lowest BCUT2D eigenvalue weighted by molar-refractivity contribution is -0.383. The Morgan fingerprint density at radius 3 is 2.37 bits per heavy atom. The molecule has 9 heteroatoms. The third kappa shape index (κ3) is 2.45. The molecule has 2 heterocycles. The Balaban J connectivity index is 2.35. The van der Waals surface area contributed by atoms with Crippen molar-refractivity contribution in [2.75, 3.05) is 18.8 Å². The lowest BCUT2D eigenvalue weighted by atomic mass is 10.0. The van der Waals surface area contributed by atoms with Gasteiger partial charge in [-0.05, 0) is 11.8 Å². The normalized spacial score (nSPS) is 24.7. The van der Waals surface area contributed by atoms with Crippen molar-refractivity contribution in [3.8, 4) is 0 Å². The fourth-order valence-electron chi connectivity index (χ4n) is 2.04. The molecule has 2 N–H and O–H groups in total. The quantitative estimate of drug-likeness (QED) is 0.673.